The Morgan fingerprint density at radius 1 is 1.35 bits per heavy atom. The summed E-state index contributed by atoms with van der Waals surface area (Å²) in [7, 11) is 0. The molecule has 5 heteroatoms. The topological polar surface area (TPSA) is 53.6 Å². The molecule has 102 valence electrons. The number of nitrogens with two attached hydrogens (primary N) is 1. The van der Waals surface area contributed by atoms with Crippen molar-refractivity contribution >= 4 is 29.9 Å². The van der Waals surface area contributed by atoms with Crippen LogP contribution in [-0.2, 0) is 0 Å². The first kappa shape index (κ1) is 17.0. The van der Waals surface area contributed by atoms with Crippen molar-refractivity contribution in [2.24, 2.45) is 16.6 Å². The van der Waals surface area contributed by atoms with E-state index in [1.807, 2.05) is 0 Å². The summed E-state index contributed by atoms with van der Waals surface area (Å²) in [6, 6.07) is 0. The normalized spacial score (nSPS) is 16.5. The van der Waals surface area contributed by atoms with Gasteiger partial charge in [0.15, 0.2) is 5.96 Å². The van der Waals surface area contributed by atoms with Gasteiger partial charge in [-0.3, -0.25) is 4.99 Å². The molecule has 0 aromatic heterocycles. The third kappa shape index (κ3) is 7.08. The molecule has 1 aliphatic rings. The van der Waals surface area contributed by atoms with Crippen molar-refractivity contribution in [3.8, 4) is 0 Å². The average Bonchev–Trinajstić information content (AvgIpc) is 2.22. The van der Waals surface area contributed by atoms with Crippen LogP contribution in [0.15, 0.2) is 4.99 Å². The second-order valence-corrected chi connectivity index (χ2v) is 4.48. The van der Waals surface area contributed by atoms with Crippen molar-refractivity contribution in [1.82, 2.24) is 10.2 Å². The number of likely N-dealkylation sites (N-methyl/N-ethyl adjacent to an activating group) is 1. The van der Waals surface area contributed by atoms with Crippen molar-refractivity contribution in [3.05, 3.63) is 0 Å². The predicted octanol–water partition coefficient (Wildman–Crippen LogP) is 1.65. The fraction of sp³-hybridized carbons (Fsp3) is 0.917. The van der Waals surface area contributed by atoms with Crippen molar-refractivity contribution in [1.29, 1.82) is 0 Å². The first-order valence-corrected chi connectivity index (χ1v) is 6.52. The maximum absolute atomic E-state index is 5.79. The molecule has 1 saturated carbocycles. The van der Waals surface area contributed by atoms with Gasteiger partial charge in [-0.2, -0.15) is 0 Å². The lowest BCUT2D eigenvalue weighted by molar-refractivity contribution is 0.308. The number of hydrogen-bond acceptors (Lipinski definition) is 2. The van der Waals surface area contributed by atoms with E-state index in [0.717, 1.165) is 38.6 Å². The maximum atomic E-state index is 5.79. The molecule has 0 unspecified atom stereocenters. The molecule has 0 radical (unpaired) electrons. The van der Waals surface area contributed by atoms with Gasteiger partial charge in [-0.1, -0.05) is 20.3 Å². The van der Waals surface area contributed by atoms with Crippen LogP contribution < -0.4 is 11.1 Å². The lowest BCUT2D eigenvalue weighted by Crippen LogP contribution is -2.39. The third-order valence-corrected chi connectivity index (χ3v) is 3.37. The van der Waals surface area contributed by atoms with Crippen LogP contribution in [0.3, 0.4) is 0 Å². The highest BCUT2D eigenvalue weighted by Crippen LogP contribution is 2.26. The molecule has 0 saturated heterocycles. The molecule has 1 aliphatic carbocycles. The molecule has 1 fully saturated rings. The van der Waals surface area contributed by atoms with E-state index in [1.165, 1.54) is 19.3 Å². The summed E-state index contributed by atoms with van der Waals surface area (Å²) in [4.78, 5) is 6.73. The molecule has 1 rings (SSSR count). The Morgan fingerprint density at radius 3 is 2.47 bits per heavy atom. The SMILES string of the molecule is CCN(CC)CCNC(N)=NCC1CCC1.I. The average molecular weight is 354 g/mol. The number of hydrogen-bond donors (Lipinski definition) is 2. The van der Waals surface area contributed by atoms with E-state index in [1.54, 1.807) is 0 Å². The molecule has 0 heterocycles. The highest BCUT2D eigenvalue weighted by molar-refractivity contribution is 14.0. The van der Waals surface area contributed by atoms with Gasteiger partial charge in [0, 0.05) is 19.6 Å². The second kappa shape index (κ2) is 9.94. The molecule has 17 heavy (non-hydrogen) atoms. The fourth-order valence-electron chi connectivity index (χ4n) is 1.84. The van der Waals surface area contributed by atoms with Crippen LogP contribution >= 0.6 is 24.0 Å². The van der Waals surface area contributed by atoms with E-state index in [2.05, 4.69) is 29.1 Å². The van der Waals surface area contributed by atoms with Gasteiger partial charge in [0.25, 0.3) is 0 Å². The molecule has 0 aromatic carbocycles. The molecule has 0 spiro atoms. The highest BCUT2D eigenvalue weighted by atomic mass is 127. The molecular formula is C12H27IN4. The van der Waals surface area contributed by atoms with Crippen LogP contribution in [0.5, 0.6) is 0 Å². The summed E-state index contributed by atoms with van der Waals surface area (Å²) >= 11 is 0. The minimum absolute atomic E-state index is 0. The zero-order valence-electron chi connectivity index (χ0n) is 11.1. The van der Waals surface area contributed by atoms with Crippen LogP contribution in [0.25, 0.3) is 0 Å². The zero-order chi connectivity index (χ0) is 11.8. The minimum Gasteiger partial charge on any atom is -0.370 e. The zero-order valence-corrected chi connectivity index (χ0v) is 13.4. The largest absolute Gasteiger partial charge is 0.370 e. The Bertz CT molecular complexity index is 213. The number of nitrogens with one attached hydrogen (secondary N) is 1. The van der Waals surface area contributed by atoms with E-state index >= 15 is 0 Å². The summed E-state index contributed by atoms with van der Waals surface area (Å²) < 4.78 is 0. The van der Waals surface area contributed by atoms with Crippen molar-refractivity contribution in [3.63, 3.8) is 0 Å². The Labute approximate surface area is 122 Å². The van der Waals surface area contributed by atoms with Gasteiger partial charge in [-0.15, -0.1) is 24.0 Å². The van der Waals surface area contributed by atoms with Gasteiger partial charge in [0.05, 0.1) is 0 Å². The summed E-state index contributed by atoms with van der Waals surface area (Å²) in [6.45, 7) is 9.38. The Hall–Kier alpha value is -0.0400. The van der Waals surface area contributed by atoms with Crippen molar-refractivity contribution < 1.29 is 0 Å². The van der Waals surface area contributed by atoms with E-state index in [9.17, 15) is 0 Å². The van der Waals surface area contributed by atoms with E-state index in [-0.39, 0.29) is 24.0 Å². The maximum Gasteiger partial charge on any atom is 0.188 e. The molecule has 4 nitrogen and oxygen atoms in total. The summed E-state index contributed by atoms with van der Waals surface area (Å²) in [6.07, 6.45) is 4.03. The fourth-order valence-corrected chi connectivity index (χ4v) is 1.84. The predicted molar refractivity (Wildman–Crippen MR) is 85.0 cm³/mol. The highest BCUT2D eigenvalue weighted by Gasteiger charge is 2.16. The smallest absolute Gasteiger partial charge is 0.188 e. The Balaban J connectivity index is 0.00000256. The van der Waals surface area contributed by atoms with Crippen LogP contribution in [0.4, 0.5) is 0 Å². The van der Waals surface area contributed by atoms with E-state index in [4.69, 9.17) is 5.73 Å². The number of guanidine groups is 1. The van der Waals surface area contributed by atoms with Crippen LogP contribution in [0, 0.1) is 5.92 Å². The van der Waals surface area contributed by atoms with Crippen LogP contribution in [0.1, 0.15) is 33.1 Å². The van der Waals surface area contributed by atoms with Gasteiger partial charge in [-0.05, 0) is 31.8 Å². The molecule has 0 aliphatic heterocycles. The molecule has 0 amide bonds. The number of aliphatic imine (C=N–C) groups is 1. The van der Waals surface area contributed by atoms with Gasteiger partial charge >= 0.3 is 0 Å². The lowest BCUT2D eigenvalue weighted by atomic mass is 9.86. The molecule has 3 N–H and O–H groups in total. The number of rotatable bonds is 7. The molecule has 0 atom stereocenters. The van der Waals surface area contributed by atoms with Crippen LogP contribution in [0.2, 0.25) is 0 Å². The quantitative estimate of drug-likeness (QED) is 0.415. The molecule has 0 bridgehead atoms. The van der Waals surface area contributed by atoms with Gasteiger partial charge in [0.2, 0.25) is 0 Å². The Kier molecular flexibility index (Phi) is 9.91. The van der Waals surface area contributed by atoms with Crippen molar-refractivity contribution in [2.45, 2.75) is 33.1 Å². The van der Waals surface area contributed by atoms with Gasteiger partial charge in [-0.25, -0.2) is 0 Å². The first-order chi connectivity index (χ1) is 7.76. The molecular weight excluding hydrogens is 327 g/mol. The second-order valence-electron chi connectivity index (χ2n) is 4.48. The van der Waals surface area contributed by atoms with E-state index < -0.39 is 0 Å². The minimum atomic E-state index is 0. The van der Waals surface area contributed by atoms with Gasteiger partial charge in [0.1, 0.15) is 0 Å². The monoisotopic (exact) mass is 354 g/mol. The summed E-state index contributed by atoms with van der Waals surface area (Å²) in [5.41, 5.74) is 5.79. The Morgan fingerprint density at radius 2 is 2.00 bits per heavy atom. The van der Waals surface area contributed by atoms with Gasteiger partial charge < -0.3 is 16.0 Å². The third-order valence-electron chi connectivity index (χ3n) is 3.37. The van der Waals surface area contributed by atoms with Crippen LogP contribution in [-0.4, -0.2) is 43.6 Å². The van der Waals surface area contributed by atoms with E-state index in [0.29, 0.717) is 5.96 Å². The standard InChI is InChI=1S/C12H26N4.HI/c1-3-16(4-2)9-8-14-12(13)15-10-11-6-5-7-11;/h11H,3-10H2,1-2H3,(H3,13,14,15);1H. The molecule has 0 aromatic rings. The lowest BCUT2D eigenvalue weighted by Gasteiger charge is -2.23. The van der Waals surface area contributed by atoms with Crippen molar-refractivity contribution in [2.75, 3.05) is 32.7 Å². The summed E-state index contributed by atoms with van der Waals surface area (Å²) in [5, 5.41) is 3.17. The summed E-state index contributed by atoms with van der Waals surface area (Å²) in [5.74, 6) is 1.40. The number of halogens is 1. The first-order valence-electron chi connectivity index (χ1n) is 6.52. The number of nitrogens with zero attached hydrogens (tertiary/aromatic N) is 2.